The van der Waals surface area contributed by atoms with Crippen molar-refractivity contribution in [2.45, 2.75) is 13.3 Å². The van der Waals surface area contributed by atoms with E-state index in [4.69, 9.17) is 17.0 Å². The van der Waals surface area contributed by atoms with E-state index in [1.165, 1.54) is 12.1 Å². The number of anilines is 1. The molecule has 0 heterocycles. The maximum atomic E-state index is 13.6. The van der Waals surface area contributed by atoms with E-state index in [0.717, 1.165) is 6.42 Å². The number of amides is 1. The quantitative estimate of drug-likeness (QED) is 0.712. The largest absolute Gasteiger partial charge is 0.492 e. The fraction of sp³-hybridized carbons (Fsp3) is 0.176. The van der Waals surface area contributed by atoms with Gasteiger partial charge in [-0.3, -0.25) is 10.1 Å². The highest BCUT2D eigenvalue weighted by atomic mass is 79.9. The van der Waals surface area contributed by atoms with E-state index in [1.54, 1.807) is 30.3 Å². The average molecular weight is 411 g/mol. The lowest BCUT2D eigenvalue weighted by molar-refractivity contribution is 0.0977. The third kappa shape index (κ3) is 5.01. The molecule has 0 aliphatic carbocycles. The van der Waals surface area contributed by atoms with E-state index in [1.807, 2.05) is 6.92 Å². The lowest BCUT2D eigenvalue weighted by Crippen LogP contribution is -2.34. The molecular formula is C17H16BrFN2O2S. The minimum atomic E-state index is -0.450. The molecule has 0 spiro atoms. The van der Waals surface area contributed by atoms with Gasteiger partial charge in [0.05, 0.1) is 16.8 Å². The standard InChI is InChI=1S/C17H16BrFN2O2S/c1-2-9-23-15-8-7-11(10-12(15)18)16(22)21-17(24)20-14-6-4-3-5-13(14)19/h3-8,10H,2,9H2,1H3,(H2,20,21,22,24). The molecule has 0 aliphatic rings. The van der Waals surface area contributed by atoms with Crippen LogP contribution in [0.1, 0.15) is 23.7 Å². The third-order valence-electron chi connectivity index (χ3n) is 3.00. The second-order valence-electron chi connectivity index (χ2n) is 4.88. The summed E-state index contributed by atoms with van der Waals surface area (Å²) in [5.74, 6) is -0.179. The summed E-state index contributed by atoms with van der Waals surface area (Å²) < 4.78 is 19.8. The maximum Gasteiger partial charge on any atom is 0.257 e. The zero-order valence-electron chi connectivity index (χ0n) is 12.9. The number of benzene rings is 2. The summed E-state index contributed by atoms with van der Waals surface area (Å²) in [6.45, 7) is 2.61. The first-order chi connectivity index (χ1) is 11.5. The first-order valence-corrected chi connectivity index (χ1v) is 8.50. The monoisotopic (exact) mass is 410 g/mol. The molecule has 0 saturated heterocycles. The molecule has 0 radical (unpaired) electrons. The van der Waals surface area contributed by atoms with Crippen molar-refractivity contribution in [2.75, 3.05) is 11.9 Å². The summed E-state index contributed by atoms with van der Waals surface area (Å²) >= 11 is 8.41. The van der Waals surface area contributed by atoms with E-state index in [2.05, 4.69) is 26.6 Å². The number of thiocarbonyl (C=S) groups is 1. The fourth-order valence-electron chi connectivity index (χ4n) is 1.86. The molecule has 126 valence electrons. The number of carbonyl (C=O) groups is 1. The van der Waals surface area contributed by atoms with Crippen LogP contribution in [0.25, 0.3) is 0 Å². The van der Waals surface area contributed by atoms with Crippen molar-refractivity contribution in [1.29, 1.82) is 0 Å². The number of para-hydroxylation sites is 1. The minimum absolute atomic E-state index is 0.0209. The van der Waals surface area contributed by atoms with Crippen LogP contribution in [0.3, 0.4) is 0 Å². The normalized spacial score (nSPS) is 10.1. The average Bonchev–Trinajstić information content (AvgIpc) is 2.55. The van der Waals surface area contributed by atoms with Gasteiger partial charge in [-0.25, -0.2) is 4.39 Å². The van der Waals surface area contributed by atoms with E-state index in [0.29, 0.717) is 22.4 Å². The molecule has 7 heteroatoms. The van der Waals surface area contributed by atoms with Crippen LogP contribution in [0.2, 0.25) is 0 Å². The van der Waals surface area contributed by atoms with Crippen molar-refractivity contribution in [3.63, 3.8) is 0 Å². The third-order valence-corrected chi connectivity index (χ3v) is 3.83. The number of halogens is 2. The molecule has 2 rings (SSSR count). The van der Waals surface area contributed by atoms with Gasteiger partial charge in [0.15, 0.2) is 5.11 Å². The van der Waals surface area contributed by atoms with Crippen LogP contribution in [-0.4, -0.2) is 17.6 Å². The van der Waals surface area contributed by atoms with Gasteiger partial charge in [-0.05, 0) is 64.9 Å². The summed E-state index contributed by atoms with van der Waals surface area (Å²) in [7, 11) is 0. The topological polar surface area (TPSA) is 50.4 Å². The number of hydrogen-bond acceptors (Lipinski definition) is 3. The van der Waals surface area contributed by atoms with Gasteiger partial charge >= 0.3 is 0 Å². The zero-order valence-corrected chi connectivity index (χ0v) is 15.3. The van der Waals surface area contributed by atoms with Gasteiger partial charge in [-0.1, -0.05) is 19.1 Å². The first kappa shape index (κ1) is 18.4. The van der Waals surface area contributed by atoms with Crippen molar-refractivity contribution in [3.8, 4) is 5.75 Å². The molecule has 0 bridgehead atoms. The molecule has 2 N–H and O–H groups in total. The minimum Gasteiger partial charge on any atom is -0.492 e. The predicted molar refractivity (Wildman–Crippen MR) is 100 cm³/mol. The lowest BCUT2D eigenvalue weighted by atomic mass is 10.2. The van der Waals surface area contributed by atoms with Crippen molar-refractivity contribution in [1.82, 2.24) is 5.32 Å². The fourth-order valence-corrected chi connectivity index (χ4v) is 2.56. The molecule has 0 unspecified atom stereocenters. The lowest BCUT2D eigenvalue weighted by Gasteiger charge is -2.11. The van der Waals surface area contributed by atoms with Crippen molar-refractivity contribution in [2.24, 2.45) is 0 Å². The molecular weight excluding hydrogens is 395 g/mol. The Balaban J connectivity index is 2.00. The second kappa shape index (κ2) is 8.75. The van der Waals surface area contributed by atoms with Gasteiger partial charge in [0.25, 0.3) is 5.91 Å². The summed E-state index contributed by atoms with van der Waals surface area (Å²) in [6, 6.07) is 11.1. The molecule has 0 aliphatic heterocycles. The number of nitrogens with one attached hydrogen (secondary N) is 2. The molecule has 1 amide bonds. The molecule has 4 nitrogen and oxygen atoms in total. The molecule has 24 heavy (non-hydrogen) atoms. The summed E-state index contributed by atoms with van der Waals surface area (Å²) in [5, 5.41) is 5.19. The second-order valence-corrected chi connectivity index (χ2v) is 6.14. The summed E-state index contributed by atoms with van der Waals surface area (Å²) in [5.41, 5.74) is 0.607. The summed E-state index contributed by atoms with van der Waals surface area (Å²) in [6.07, 6.45) is 0.894. The van der Waals surface area contributed by atoms with Gasteiger partial charge in [-0.2, -0.15) is 0 Å². The molecule has 0 saturated carbocycles. The molecule has 0 atom stereocenters. The Bertz CT molecular complexity index is 755. The smallest absolute Gasteiger partial charge is 0.257 e. The van der Waals surface area contributed by atoms with E-state index >= 15 is 0 Å². The number of ether oxygens (including phenoxy) is 1. The maximum absolute atomic E-state index is 13.6. The number of rotatable bonds is 5. The Labute approximate surface area is 153 Å². The van der Waals surface area contributed by atoms with E-state index in [9.17, 15) is 9.18 Å². The Morgan fingerprint density at radius 3 is 2.71 bits per heavy atom. The highest BCUT2D eigenvalue weighted by Gasteiger charge is 2.12. The Hall–Kier alpha value is -1.99. The van der Waals surface area contributed by atoms with Gasteiger partial charge < -0.3 is 10.1 Å². The van der Waals surface area contributed by atoms with Gasteiger partial charge in [0.2, 0.25) is 0 Å². The van der Waals surface area contributed by atoms with Crippen LogP contribution in [-0.2, 0) is 0 Å². The van der Waals surface area contributed by atoms with Gasteiger partial charge in [-0.15, -0.1) is 0 Å². The van der Waals surface area contributed by atoms with Crippen LogP contribution in [0, 0.1) is 5.82 Å². The van der Waals surface area contributed by atoms with Crippen LogP contribution < -0.4 is 15.4 Å². The number of carbonyl (C=O) groups excluding carboxylic acids is 1. The van der Waals surface area contributed by atoms with Crippen molar-refractivity contribution >= 4 is 44.9 Å². The molecule has 2 aromatic carbocycles. The highest BCUT2D eigenvalue weighted by molar-refractivity contribution is 9.10. The van der Waals surface area contributed by atoms with Crippen LogP contribution in [0.5, 0.6) is 5.75 Å². The predicted octanol–water partition coefficient (Wildman–Crippen LogP) is 4.50. The van der Waals surface area contributed by atoms with Gasteiger partial charge in [0.1, 0.15) is 11.6 Å². The van der Waals surface area contributed by atoms with Crippen molar-refractivity contribution in [3.05, 3.63) is 58.3 Å². The summed E-state index contributed by atoms with van der Waals surface area (Å²) in [4.78, 5) is 12.2. The van der Waals surface area contributed by atoms with Crippen molar-refractivity contribution < 1.29 is 13.9 Å². The molecule has 2 aromatic rings. The SMILES string of the molecule is CCCOc1ccc(C(=O)NC(=S)Nc2ccccc2F)cc1Br. The van der Waals surface area contributed by atoms with E-state index in [-0.39, 0.29) is 10.8 Å². The zero-order chi connectivity index (χ0) is 17.5. The number of hydrogen-bond donors (Lipinski definition) is 2. The Morgan fingerprint density at radius 2 is 2.04 bits per heavy atom. The van der Waals surface area contributed by atoms with Crippen LogP contribution >= 0.6 is 28.1 Å². The molecule has 0 aromatic heterocycles. The van der Waals surface area contributed by atoms with E-state index < -0.39 is 11.7 Å². The Morgan fingerprint density at radius 1 is 1.29 bits per heavy atom. The first-order valence-electron chi connectivity index (χ1n) is 7.30. The van der Waals surface area contributed by atoms with Gasteiger partial charge in [0, 0.05) is 5.56 Å². The van der Waals surface area contributed by atoms with Crippen LogP contribution in [0.4, 0.5) is 10.1 Å². The Kier molecular flexibility index (Phi) is 6.69. The highest BCUT2D eigenvalue weighted by Crippen LogP contribution is 2.26. The van der Waals surface area contributed by atoms with Crippen LogP contribution in [0.15, 0.2) is 46.9 Å². The molecule has 0 fully saturated rings.